The molecule has 1 amide bonds. The number of hydrazine groups is 1. The first kappa shape index (κ1) is 11.4. The molecule has 0 atom stereocenters. The van der Waals surface area contributed by atoms with Gasteiger partial charge in [-0.25, -0.2) is 15.6 Å². The Labute approximate surface area is 87.1 Å². The Morgan fingerprint density at radius 1 is 1.67 bits per heavy atom. The van der Waals surface area contributed by atoms with E-state index in [0.29, 0.717) is 19.4 Å². The van der Waals surface area contributed by atoms with Crippen molar-refractivity contribution >= 4 is 5.91 Å². The first-order valence-corrected chi connectivity index (χ1v) is 4.66. The second-order valence-corrected chi connectivity index (χ2v) is 3.28. The lowest BCUT2D eigenvalue weighted by Crippen LogP contribution is -2.30. The highest BCUT2D eigenvalue weighted by Gasteiger charge is 2.00. The molecule has 0 saturated carbocycles. The molecule has 3 N–H and O–H groups in total. The van der Waals surface area contributed by atoms with E-state index < -0.39 is 0 Å². The monoisotopic (exact) mass is 210 g/mol. The van der Waals surface area contributed by atoms with Gasteiger partial charge in [0.15, 0.2) is 0 Å². The topological polar surface area (TPSA) is 90.0 Å². The van der Waals surface area contributed by atoms with E-state index in [2.05, 4.69) is 4.98 Å². The number of nitrogens with zero attached hydrogens (tertiary/aromatic N) is 2. The quantitative estimate of drug-likeness (QED) is 0.391. The van der Waals surface area contributed by atoms with Gasteiger partial charge in [0.05, 0.1) is 0 Å². The van der Waals surface area contributed by atoms with Crippen LogP contribution in [0.4, 0.5) is 0 Å². The van der Waals surface area contributed by atoms with E-state index in [-0.39, 0.29) is 11.6 Å². The summed E-state index contributed by atoms with van der Waals surface area (Å²) in [6, 6.07) is 0. The number of nitrogens with two attached hydrogens (primary N) is 1. The molecule has 1 heterocycles. The maximum absolute atomic E-state index is 11.2. The fourth-order valence-corrected chi connectivity index (χ4v) is 1.21. The standard InChI is InChI=1S/C9H14N4O2/c1-7-5-11-9(15)13(6-7)4-2-3-8(14)12-10/h5-6H,2-4,10H2,1H3,(H,12,14). The van der Waals surface area contributed by atoms with Gasteiger partial charge in [-0.1, -0.05) is 0 Å². The summed E-state index contributed by atoms with van der Waals surface area (Å²) in [6.07, 6.45) is 4.10. The van der Waals surface area contributed by atoms with Crippen LogP contribution < -0.4 is 17.0 Å². The lowest BCUT2D eigenvalue weighted by Gasteiger charge is -2.04. The second-order valence-electron chi connectivity index (χ2n) is 3.28. The fourth-order valence-electron chi connectivity index (χ4n) is 1.21. The largest absolute Gasteiger partial charge is 0.347 e. The maximum atomic E-state index is 11.2. The van der Waals surface area contributed by atoms with Crippen LogP contribution in [0.5, 0.6) is 0 Å². The Hall–Kier alpha value is -1.69. The molecule has 0 bridgehead atoms. The van der Waals surface area contributed by atoms with Crippen molar-refractivity contribution in [3.8, 4) is 0 Å². The van der Waals surface area contributed by atoms with Gasteiger partial charge in [0, 0.05) is 25.4 Å². The van der Waals surface area contributed by atoms with Gasteiger partial charge in [0.1, 0.15) is 0 Å². The molecule has 0 radical (unpaired) electrons. The predicted molar refractivity (Wildman–Crippen MR) is 54.8 cm³/mol. The van der Waals surface area contributed by atoms with E-state index in [1.54, 1.807) is 6.20 Å². The smallest absolute Gasteiger partial charge is 0.299 e. The Morgan fingerprint density at radius 2 is 2.40 bits per heavy atom. The SMILES string of the molecule is Cc1cnc(=O)n(CCCC(=O)NN)c1. The van der Waals surface area contributed by atoms with Crippen LogP contribution in [0.1, 0.15) is 18.4 Å². The zero-order valence-electron chi connectivity index (χ0n) is 8.56. The van der Waals surface area contributed by atoms with Gasteiger partial charge in [-0.3, -0.25) is 14.8 Å². The van der Waals surface area contributed by atoms with Crippen LogP contribution in [0.2, 0.25) is 0 Å². The molecule has 0 aliphatic heterocycles. The number of amides is 1. The summed E-state index contributed by atoms with van der Waals surface area (Å²) in [5, 5.41) is 0. The van der Waals surface area contributed by atoms with E-state index >= 15 is 0 Å². The predicted octanol–water partition coefficient (Wildman–Crippen LogP) is -0.678. The zero-order chi connectivity index (χ0) is 11.3. The van der Waals surface area contributed by atoms with Gasteiger partial charge in [0.2, 0.25) is 5.91 Å². The third kappa shape index (κ3) is 3.51. The van der Waals surface area contributed by atoms with Crippen molar-refractivity contribution < 1.29 is 4.79 Å². The molecule has 1 rings (SSSR count). The summed E-state index contributed by atoms with van der Waals surface area (Å²) in [6.45, 7) is 2.33. The van der Waals surface area contributed by atoms with E-state index in [1.807, 2.05) is 12.3 Å². The molecule has 0 spiro atoms. The number of rotatable bonds is 4. The van der Waals surface area contributed by atoms with Crippen LogP contribution in [0.15, 0.2) is 17.2 Å². The molecule has 0 fully saturated rings. The minimum atomic E-state index is -0.297. The summed E-state index contributed by atoms with van der Waals surface area (Å²) >= 11 is 0. The molecule has 1 aromatic rings. The Balaban J connectivity index is 2.54. The lowest BCUT2D eigenvalue weighted by atomic mass is 10.3. The molecular formula is C9H14N4O2. The Bertz CT molecular complexity index is 399. The lowest BCUT2D eigenvalue weighted by molar-refractivity contribution is -0.121. The molecular weight excluding hydrogens is 196 g/mol. The second kappa shape index (κ2) is 5.26. The van der Waals surface area contributed by atoms with Gasteiger partial charge >= 0.3 is 5.69 Å². The highest BCUT2D eigenvalue weighted by molar-refractivity contribution is 5.74. The van der Waals surface area contributed by atoms with Crippen molar-refractivity contribution in [1.29, 1.82) is 0 Å². The van der Waals surface area contributed by atoms with Gasteiger partial charge in [0.25, 0.3) is 0 Å². The number of hydrogen-bond donors (Lipinski definition) is 2. The summed E-state index contributed by atoms with van der Waals surface area (Å²) in [5.74, 6) is 4.69. The van der Waals surface area contributed by atoms with Crippen molar-refractivity contribution in [2.75, 3.05) is 0 Å². The number of carbonyl (C=O) groups excluding carboxylic acids is 1. The van der Waals surface area contributed by atoms with Crippen LogP contribution >= 0.6 is 0 Å². The Morgan fingerprint density at radius 3 is 3.07 bits per heavy atom. The molecule has 6 heteroatoms. The number of aromatic nitrogens is 2. The van der Waals surface area contributed by atoms with Crippen LogP contribution in [-0.4, -0.2) is 15.5 Å². The third-order valence-electron chi connectivity index (χ3n) is 1.95. The number of hydrogen-bond acceptors (Lipinski definition) is 4. The molecule has 82 valence electrons. The fraction of sp³-hybridized carbons (Fsp3) is 0.444. The third-order valence-corrected chi connectivity index (χ3v) is 1.95. The van der Waals surface area contributed by atoms with Crippen LogP contribution in [-0.2, 0) is 11.3 Å². The molecule has 0 aliphatic carbocycles. The van der Waals surface area contributed by atoms with Gasteiger partial charge in [-0.15, -0.1) is 0 Å². The molecule has 1 aromatic heterocycles. The maximum Gasteiger partial charge on any atom is 0.347 e. The number of nitrogens with one attached hydrogen (secondary N) is 1. The van der Waals surface area contributed by atoms with Crippen LogP contribution in [0, 0.1) is 6.92 Å². The molecule has 6 nitrogen and oxygen atoms in total. The van der Waals surface area contributed by atoms with E-state index in [4.69, 9.17) is 5.84 Å². The average molecular weight is 210 g/mol. The van der Waals surface area contributed by atoms with E-state index in [0.717, 1.165) is 5.56 Å². The van der Waals surface area contributed by atoms with Crippen LogP contribution in [0.25, 0.3) is 0 Å². The minimum Gasteiger partial charge on any atom is -0.299 e. The molecule has 0 aliphatic rings. The van der Waals surface area contributed by atoms with Gasteiger partial charge < -0.3 is 0 Å². The molecule has 0 aromatic carbocycles. The Kier molecular flexibility index (Phi) is 3.99. The van der Waals surface area contributed by atoms with Crippen molar-refractivity contribution in [2.24, 2.45) is 5.84 Å². The van der Waals surface area contributed by atoms with Gasteiger partial charge in [-0.05, 0) is 18.9 Å². The minimum absolute atomic E-state index is 0.233. The molecule has 15 heavy (non-hydrogen) atoms. The highest BCUT2D eigenvalue weighted by atomic mass is 16.2. The highest BCUT2D eigenvalue weighted by Crippen LogP contribution is 1.94. The van der Waals surface area contributed by atoms with Crippen molar-refractivity contribution in [3.05, 3.63) is 28.4 Å². The van der Waals surface area contributed by atoms with Crippen molar-refractivity contribution in [2.45, 2.75) is 26.3 Å². The molecule has 0 saturated heterocycles. The summed E-state index contributed by atoms with van der Waals surface area (Å²) in [4.78, 5) is 25.7. The van der Waals surface area contributed by atoms with Crippen molar-refractivity contribution in [1.82, 2.24) is 15.0 Å². The summed E-state index contributed by atoms with van der Waals surface area (Å²) in [7, 11) is 0. The zero-order valence-corrected chi connectivity index (χ0v) is 8.56. The van der Waals surface area contributed by atoms with Gasteiger partial charge in [-0.2, -0.15) is 0 Å². The normalized spacial score (nSPS) is 10.0. The first-order valence-electron chi connectivity index (χ1n) is 4.66. The van der Waals surface area contributed by atoms with Crippen LogP contribution in [0.3, 0.4) is 0 Å². The molecule has 0 unspecified atom stereocenters. The number of carbonyl (C=O) groups is 1. The summed E-state index contributed by atoms with van der Waals surface area (Å²) in [5.41, 5.74) is 2.65. The summed E-state index contributed by atoms with van der Waals surface area (Å²) < 4.78 is 1.49. The number of aryl methyl sites for hydroxylation is 2. The van der Waals surface area contributed by atoms with E-state index in [1.165, 1.54) is 10.8 Å². The average Bonchev–Trinajstić information content (AvgIpc) is 2.23. The van der Waals surface area contributed by atoms with E-state index in [9.17, 15) is 9.59 Å². The van der Waals surface area contributed by atoms with Crippen molar-refractivity contribution in [3.63, 3.8) is 0 Å². The first-order chi connectivity index (χ1) is 7.13.